The number of hydrogen-bond acceptors (Lipinski definition) is 9. The fourth-order valence-corrected chi connectivity index (χ4v) is 4.77. The van der Waals surface area contributed by atoms with E-state index in [9.17, 15) is 19.5 Å². The molecule has 1 amide bonds. The molecule has 37 heavy (non-hydrogen) atoms. The van der Waals surface area contributed by atoms with Crippen LogP contribution in [0.5, 0.6) is 0 Å². The van der Waals surface area contributed by atoms with Crippen LogP contribution in [0.25, 0.3) is 0 Å². The van der Waals surface area contributed by atoms with Gasteiger partial charge in [-0.25, -0.2) is 4.98 Å². The lowest BCUT2D eigenvalue weighted by Gasteiger charge is -2.25. The number of benzene rings is 1. The topological polar surface area (TPSA) is 135 Å². The predicted octanol–water partition coefficient (Wildman–Crippen LogP) is 2.60. The fraction of sp³-hybridized carbons (Fsp3) is 0.423. The smallest absolute Gasteiger partial charge is 0.307 e. The zero-order valence-corrected chi connectivity index (χ0v) is 21.2. The van der Waals surface area contributed by atoms with E-state index >= 15 is 0 Å². The van der Waals surface area contributed by atoms with Gasteiger partial charge in [0.25, 0.3) is 5.91 Å². The van der Waals surface area contributed by atoms with E-state index < -0.39 is 23.8 Å². The predicted molar refractivity (Wildman–Crippen MR) is 135 cm³/mol. The molecule has 1 saturated heterocycles. The van der Waals surface area contributed by atoms with Crippen molar-refractivity contribution >= 4 is 29.0 Å². The molecule has 0 aliphatic carbocycles. The van der Waals surface area contributed by atoms with Gasteiger partial charge in [0.1, 0.15) is 0 Å². The number of Topliss-reactive ketones (excluding diaryl/α,β-unsaturated/α-hetero) is 1. The minimum atomic E-state index is -1.07. The Morgan fingerprint density at radius 3 is 2.65 bits per heavy atom. The molecule has 0 bridgehead atoms. The Kier molecular flexibility index (Phi) is 9.52. The molecular formula is C26H30N4O6S. The largest absolute Gasteiger partial charge is 0.481 e. The molecule has 1 aliphatic heterocycles. The van der Waals surface area contributed by atoms with Gasteiger partial charge in [-0.1, -0.05) is 35.5 Å². The van der Waals surface area contributed by atoms with Gasteiger partial charge in [0, 0.05) is 37.4 Å². The number of carbonyl (C=O) groups is 3. The molecule has 1 aromatic carbocycles. The zero-order valence-electron chi connectivity index (χ0n) is 20.4. The van der Waals surface area contributed by atoms with Crippen LogP contribution in [0.1, 0.15) is 40.3 Å². The lowest BCUT2D eigenvalue weighted by molar-refractivity contribution is -0.144. The van der Waals surface area contributed by atoms with Gasteiger partial charge in [0.2, 0.25) is 0 Å². The van der Waals surface area contributed by atoms with Crippen molar-refractivity contribution < 1.29 is 28.8 Å². The van der Waals surface area contributed by atoms with Gasteiger partial charge in [-0.05, 0) is 18.4 Å². The molecule has 3 aromatic rings. The quantitative estimate of drug-likeness (QED) is 0.344. The van der Waals surface area contributed by atoms with E-state index in [1.165, 1.54) is 11.3 Å². The second-order valence-corrected chi connectivity index (χ2v) is 9.73. The first-order valence-corrected chi connectivity index (χ1v) is 13.2. The molecule has 0 spiro atoms. The number of nitrogens with one attached hydrogen (secondary N) is 1. The third-order valence-electron chi connectivity index (χ3n) is 6.27. The van der Waals surface area contributed by atoms with Crippen LogP contribution in [0.2, 0.25) is 0 Å². The monoisotopic (exact) mass is 526 g/mol. The van der Waals surface area contributed by atoms with E-state index in [0.29, 0.717) is 44.1 Å². The molecular weight excluding hydrogens is 496 g/mol. The van der Waals surface area contributed by atoms with Gasteiger partial charge in [0.05, 0.1) is 42.9 Å². The minimum absolute atomic E-state index is 0.0815. The van der Waals surface area contributed by atoms with E-state index in [0.717, 1.165) is 18.7 Å². The molecule has 2 N–H and O–H groups in total. The fourth-order valence-electron chi connectivity index (χ4n) is 4.20. The molecule has 4 rings (SSSR count). The van der Waals surface area contributed by atoms with Crippen LogP contribution in [-0.2, 0) is 33.7 Å². The number of ketones is 1. The highest BCUT2D eigenvalue weighted by Gasteiger charge is 2.29. The van der Waals surface area contributed by atoms with Crippen LogP contribution in [0.15, 0.2) is 51.8 Å². The van der Waals surface area contributed by atoms with Crippen LogP contribution in [0.3, 0.4) is 0 Å². The van der Waals surface area contributed by atoms with Crippen molar-refractivity contribution in [3.05, 3.63) is 70.0 Å². The number of aromatic nitrogens is 2. The Bertz CT molecular complexity index is 1160. The molecule has 196 valence electrons. The minimum Gasteiger partial charge on any atom is -0.481 e. The molecule has 10 nitrogen and oxygen atoms in total. The maximum absolute atomic E-state index is 13.3. The van der Waals surface area contributed by atoms with Crippen LogP contribution >= 0.6 is 11.3 Å². The standard InChI is InChI=1S/C26H30N4O6S/c31-24(13-19(26(33)34)12-20-16-37-17-27-20)22(7-6-18-4-2-1-3-5-18)28-25(32)23-14-21(36-29-23)15-30-8-10-35-11-9-30/h1-5,14,16-17,19,22H,6-13,15H2,(H,28,32)(H,33,34)/t19-,22+/m1/s1. The lowest BCUT2D eigenvalue weighted by Crippen LogP contribution is -2.42. The number of hydrogen-bond donors (Lipinski definition) is 2. The van der Waals surface area contributed by atoms with Crippen LogP contribution in [0.4, 0.5) is 0 Å². The van der Waals surface area contributed by atoms with Gasteiger partial charge in [0.15, 0.2) is 17.2 Å². The number of thiazole rings is 1. The molecule has 0 unspecified atom stereocenters. The van der Waals surface area contributed by atoms with Crippen molar-refractivity contribution in [1.82, 2.24) is 20.4 Å². The third kappa shape index (κ3) is 8.04. The van der Waals surface area contributed by atoms with Gasteiger partial charge in [-0.3, -0.25) is 19.3 Å². The average Bonchev–Trinajstić information content (AvgIpc) is 3.59. The summed E-state index contributed by atoms with van der Waals surface area (Å²) in [4.78, 5) is 44.5. The first-order valence-electron chi connectivity index (χ1n) is 12.2. The summed E-state index contributed by atoms with van der Waals surface area (Å²) < 4.78 is 10.7. The van der Waals surface area contributed by atoms with E-state index in [2.05, 4.69) is 20.4 Å². The Morgan fingerprint density at radius 1 is 1.16 bits per heavy atom. The number of amides is 1. The Labute approximate surface area is 218 Å². The summed E-state index contributed by atoms with van der Waals surface area (Å²) in [7, 11) is 0. The second-order valence-electron chi connectivity index (χ2n) is 9.01. The summed E-state index contributed by atoms with van der Waals surface area (Å²) in [6, 6.07) is 10.3. The Hall–Kier alpha value is -3.41. The third-order valence-corrected chi connectivity index (χ3v) is 6.90. The van der Waals surface area contributed by atoms with Crippen molar-refractivity contribution in [3.63, 3.8) is 0 Å². The van der Waals surface area contributed by atoms with Crippen LogP contribution < -0.4 is 5.32 Å². The van der Waals surface area contributed by atoms with Crippen molar-refractivity contribution in [3.8, 4) is 0 Å². The number of carboxylic acids is 1. The van der Waals surface area contributed by atoms with Gasteiger partial charge < -0.3 is 19.7 Å². The number of aryl methyl sites for hydroxylation is 1. The summed E-state index contributed by atoms with van der Waals surface area (Å²) in [5, 5.41) is 18.1. The first kappa shape index (κ1) is 26.6. The van der Waals surface area contributed by atoms with Crippen LogP contribution in [-0.4, -0.2) is 70.2 Å². The van der Waals surface area contributed by atoms with Crippen molar-refractivity contribution in [2.24, 2.45) is 5.92 Å². The molecule has 0 saturated carbocycles. The van der Waals surface area contributed by atoms with Crippen molar-refractivity contribution in [1.29, 1.82) is 0 Å². The highest BCUT2D eigenvalue weighted by molar-refractivity contribution is 7.07. The molecule has 1 aliphatic rings. The maximum Gasteiger partial charge on any atom is 0.307 e. The van der Waals surface area contributed by atoms with Gasteiger partial charge in [-0.2, -0.15) is 0 Å². The molecule has 3 heterocycles. The number of nitrogens with zero attached hydrogens (tertiary/aromatic N) is 3. The number of carboxylic acid groups (broad SMARTS) is 1. The number of aliphatic carboxylic acids is 1. The highest BCUT2D eigenvalue weighted by Crippen LogP contribution is 2.17. The van der Waals surface area contributed by atoms with Crippen LogP contribution in [0, 0.1) is 5.92 Å². The van der Waals surface area contributed by atoms with E-state index in [1.54, 1.807) is 17.0 Å². The van der Waals surface area contributed by atoms with Gasteiger partial charge >= 0.3 is 5.97 Å². The summed E-state index contributed by atoms with van der Waals surface area (Å²) >= 11 is 1.37. The maximum atomic E-state index is 13.3. The summed E-state index contributed by atoms with van der Waals surface area (Å²) in [5.41, 5.74) is 3.36. The number of carbonyl (C=O) groups excluding carboxylic acids is 2. The molecule has 0 radical (unpaired) electrons. The zero-order chi connectivity index (χ0) is 26.0. The molecule has 1 fully saturated rings. The Balaban J connectivity index is 1.42. The number of ether oxygens (including phenoxy) is 1. The lowest BCUT2D eigenvalue weighted by atomic mass is 9.92. The second kappa shape index (κ2) is 13.2. The van der Waals surface area contributed by atoms with E-state index in [4.69, 9.17) is 9.26 Å². The average molecular weight is 527 g/mol. The van der Waals surface area contributed by atoms with E-state index in [-0.39, 0.29) is 24.3 Å². The van der Waals surface area contributed by atoms with Crippen molar-refractivity contribution in [2.45, 2.75) is 38.3 Å². The van der Waals surface area contributed by atoms with Crippen molar-refractivity contribution in [2.75, 3.05) is 26.3 Å². The normalized spacial score (nSPS) is 15.7. The summed E-state index contributed by atoms with van der Waals surface area (Å²) in [6.45, 7) is 3.34. The SMILES string of the molecule is O=C(N[C@@H](CCc1ccccc1)C(=O)C[C@@H](Cc1cscn1)C(=O)O)c1cc(CN2CCOCC2)on1. The number of morpholine rings is 1. The molecule has 11 heteroatoms. The summed E-state index contributed by atoms with van der Waals surface area (Å²) in [5.74, 6) is -2.33. The molecule has 2 aromatic heterocycles. The van der Waals surface area contributed by atoms with E-state index in [1.807, 2.05) is 30.3 Å². The Morgan fingerprint density at radius 2 is 1.95 bits per heavy atom. The molecule has 2 atom stereocenters. The summed E-state index contributed by atoms with van der Waals surface area (Å²) in [6.07, 6.45) is 0.810. The highest BCUT2D eigenvalue weighted by atomic mass is 32.1. The van der Waals surface area contributed by atoms with Gasteiger partial charge in [-0.15, -0.1) is 11.3 Å². The first-order chi connectivity index (χ1) is 18.0. The number of rotatable bonds is 13.